The van der Waals surface area contributed by atoms with E-state index in [1.54, 1.807) is 18.2 Å². The fourth-order valence-corrected chi connectivity index (χ4v) is 4.33. The first-order chi connectivity index (χ1) is 8.03. The maximum Gasteiger partial charge on any atom is 0.210 e. The highest BCUT2D eigenvalue weighted by Crippen LogP contribution is 2.27. The summed E-state index contributed by atoms with van der Waals surface area (Å²) in [6.45, 7) is 1.97. The number of unbranched alkanes of at least 4 members (excludes halogenated alkanes) is 1. The molecule has 1 aromatic carbocycles. The number of nitrogens with two attached hydrogens (primary N) is 1. The third kappa shape index (κ3) is 2.58. The number of sulfone groups is 1. The molecule has 0 saturated heterocycles. The van der Waals surface area contributed by atoms with E-state index in [1.807, 2.05) is 6.92 Å². The minimum Gasteiger partial charge on any atom is -0.399 e. The zero-order chi connectivity index (χ0) is 12.5. The van der Waals surface area contributed by atoms with Gasteiger partial charge < -0.3 is 5.73 Å². The van der Waals surface area contributed by atoms with Crippen molar-refractivity contribution >= 4 is 37.1 Å². The zero-order valence-electron chi connectivity index (χ0n) is 9.51. The number of hydrogen-bond acceptors (Lipinski definition) is 5. The van der Waals surface area contributed by atoms with Crippen LogP contribution >= 0.6 is 11.3 Å². The number of nitrogen functional groups attached to an aromatic ring is 1. The summed E-state index contributed by atoms with van der Waals surface area (Å²) in [6.07, 6.45) is 1.53. The number of rotatable bonds is 4. The molecule has 0 unspecified atom stereocenters. The van der Waals surface area contributed by atoms with Crippen LogP contribution in [-0.2, 0) is 9.84 Å². The van der Waals surface area contributed by atoms with Crippen LogP contribution in [0.15, 0.2) is 22.5 Å². The van der Waals surface area contributed by atoms with Gasteiger partial charge in [-0.25, -0.2) is 13.4 Å². The molecule has 0 atom stereocenters. The molecule has 2 rings (SSSR count). The van der Waals surface area contributed by atoms with Gasteiger partial charge in [-0.05, 0) is 24.6 Å². The van der Waals surface area contributed by atoms with E-state index in [4.69, 9.17) is 5.73 Å². The Kier molecular flexibility index (Phi) is 3.35. The summed E-state index contributed by atoms with van der Waals surface area (Å²) in [6, 6.07) is 5.23. The molecular weight excluding hydrogens is 256 g/mol. The van der Waals surface area contributed by atoms with Crippen molar-refractivity contribution in [3.63, 3.8) is 0 Å². The summed E-state index contributed by atoms with van der Waals surface area (Å²) in [4.78, 5) is 4.15. The monoisotopic (exact) mass is 270 g/mol. The fraction of sp³-hybridized carbons (Fsp3) is 0.364. The lowest BCUT2D eigenvalue weighted by Gasteiger charge is -1.97. The van der Waals surface area contributed by atoms with Crippen molar-refractivity contribution in [2.45, 2.75) is 24.1 Å². The van der Waals surface area contributed by atoms with Crippen LogP contribution in [0.5, 0.6) is 0 Å². The summed E-state index contributed by atoms with van der Waals surface area (Å²) in [5.41, 5.74) is 6.97. The van der Waals surface area contributed by atoms with Crippen molar-refractivity contribution in [2.75, 3.05) is 11.5 Å². The predicted molar refractivity (Wildman–Crippen MR) is 71.0 cm³/mol. The Morgan fingerprint density at radius 2 is 2.18 bits per heavy atom. The molecule has 6 heteroatoms. The van der Waals surface area contributed by atoms with Gasteiger partial charge in [0.05, 0.1) is 16.0 Å². The smallest absolute Gasteiger partial charge is 0.210 e. The summed E-state index contributed by atoms with van der Waals surface area (Å²) in [5.74, 6) is 0.165. The van der Waals surface area contributed by atoms with E-state index in [9.17, 15) is 8.42 Å². The van der Waals surface area contributed by atoms with E-state index in [0.29, 0.717) is 17.6 Å². The van der Waals surface area contributed by atoms with Gasteiger partial charge in [0.2, 0.25) is 14.2 Å². The Balaban J connectivity index is 2.43. The Hall–Kier alpha value is -1.14. The largest absolute Gasteiger partial charge is 0.399 e. The lowest BCUT2D eigenvalue weighted by atomic mass is 10.3. The first-order valence-electron chi connectivity index (χ1n) is 5.42. The fourth-order valence-electron chi connectivity index (χ4n) is 1.47. The number of thiazole rings is 1. The summed E-state index contributed by atoms with van der Waals surface area (Å²) < 4.78 is 24.9. The molecular formula is C11H14N2O2S2. The van der Waals surface area contributed by atoms with Crippen molar-refractivity contribution in [3.8, 4) is 0 Å². The van der Waals surface area contributed by atoms with Crippen LogP contribution in [0.4, 0.5) is 5.69 Å². The Morgan fingerprint density at radius 1 is 1.41 bits per heavy atom. The lowest BCUT2D eigenvalue weighted by Crippen LogP contribution is -2.05. The number of benzene rings is 1. The third-order valence-corrected chi connectivity index (χ3v) is 5.70. The van der Waals surface area contributed by atoms with Gasteiger partial charge in [-0.1, -0.05) is 13.3 Å². The molecule has 0 fully saturated rings. The highest BCUT2D eigenvalue weighted by atomic mass is 32.2. The number of fused-ring (bicyclic) bond motifs is 1. The van der Waals surface area contributed by atoms with Crippen LogP contribution in [0.25, 0.3) is 10.2 Å². The van der Waals surface area contributed by atoms with E-state index in [2.05, 4.69) is 4.98 Å². The number of anilines is 1. The van der Waals surface area contributed by atoms with Crippen LogP contribution in [0.3, 0.4) is 0 Å². The quantitative estimate of drug-likeness (QED) is 0.866. The van der Waals surface area contributed by atoms with Gasteiger partial charge in [-0.3, -0.25) is 0 Å². The van der Waals surface area contributed by atoms with Crippen LogP contribution in [0.1, 0.15) is 19.8 Å². The average Bonchev–Trinajstić information content (AvgIpc) is 2.70. The number of hydrogen-bond donors (Lipinski definition) is 1. The van der Waals surface area contributed by atoms with Crippen molar-refractivity contribution < 1.29 is 8.42 Å². The van der Waals surface area contributed by atoms with Crippen molar-refractivity contribution in [1.29, 1.82) is 0 Å². The first kappa shape index (κ1) is 12.3. The molecule has 92 valence electrons. The highest BCUT2D eigenvalue weighted by molar-refractivity contribution is 7.93. The molecule has 0 saturated carbocycles. The molecule has 0 aliphatic heterocycles. The molecule has 2 aromatic rings. The third-order valence-electron chi connectivity index (χ3n) is 2.43. The maximum absolute atomic E-state index is 12.0. The van der Waals surface area contributed by atoms with Crippen molar-refractivity contribution in [1.82, 2.24) is 4.98 Å². The molecule has 1 heterocycles. The van der Waals surface area contributed by atoms with Crippen LogP contribution in [0, 0.1) is 0 Å². The molecule has 1 aromatic heterocycles. The van der Waals surface area contributed by atoms with Gasteiger partial charge in [-0.15, -0.1) is 11.3 Å². The van der Waals surface area contributed by atoms with Crippen LogP contribution in [0.2, 0.25) is 0 Å². The predicted octanol–water partition coefficient (Wildman–Crippen LogP) is 2.45. The second-order valence-electron chi connectivity index (χ2n) is 3.88. The zero-order valence-corrected chi connectivity index (χ0v) is 11.1. The van der Waals surface area contributed by atoms with Crippen LogP contribution in [-0.4, -0.2) is 19.2 Å². The topological polar surface area (TPSA) is 73.0 Å². The average molecular weight is 270 g/mol. The second kappa shape index (κ2) is 4.62. The molecule has 4 nitrogen and oxygen atoms in total. The molecule has 0 radical (unpaired) electrons. The van der Waals surface area contributed by atoms with Gasteiger partial charge in [-0.2, -0.15) is 0 Å². The van der Waals surface area contributed by atoms with Crippen molar-refractivity contribution in [3.05, 3.63) is 18.2 Å². The molecule has 17 heavy (non-hydrogen) atoms. The van der Waals surface area contributed by atoms with E-state index < -0.39 is 9.84 Å². The normalized spacial score (nSPS) is 12.1. The minimum atomic E-state index is -3.23. The van der Waals surface area contributed by atoms with E-state index in [1.165, 1.54) is 11.3 Å². The first-order valence-corrected chi connectivity index (χ1v) is 7.88. The Labute approximate surface area is 104 Å². The molecule has 0 bridgehead atoms. The molecule has 0 aliphatic rings. The van der Waals surface area contributed by atoms with E-state index >= 15 is 0 Å². The molecule has 0 amide bonds. The Morgan fingerprint density at radius 3 is 2.88 bits per heavy atom. The molecule has 0 spiro atoms. The van der Waals surface area contributed by atoms with Crippen LogP contribution < -0.4 is 5.73 Å². The summed E-state index contributed by atoms with van der Waals surface area (Å²) >= 11 is 1.19. The van der Waals surface area contributed by atoms with Gasteiger partial charge >= 0.3 is 0 Å². The van der Waals surface area contributed by atoms with Gasteiger partial charge in [0.25, 0.3) is 0 Å². The van der Waals surface area contributed by atoms with Crippen molar-refractivity contribution in [2.24, 2.45) is 0 Å². The number of aromatic nitrogens is 1. The highest BCUT2D eigenvalue weighted by Gasteiger charge is 2.18. The number of nitrogens with zero attached hydrogens (tertiary/aromatic N) is 1. The van der Waals surface area contributed by atoms with Gasteiger partial charge in [0, 0.05) is 5.69 Å². The standard InChI is InChI=1S/C11H14N2O2S2/c1-2-3-6-17(14,15)11-13-9-5-4-8(12)7-10(9)16-11/h4-5,7H,2-3,6,12H2,1H3. The summed E-state index contributed by atoms with van der Waals surface area (Å²) in [7, 11) is -3.23. The van der Waals surface area contributed by atoms with Gasteiger partial charge in [0.15, 0.2) is 0 Å². The second-order valence-corrected chi connectivity index (χ2v) is 7.19. The summed E-state index contributed by atoms with van der Waals surface area (Å²) in [5, 5.41) is 0. The Bertz CT molecular complexity index is 632. The van der Waals surface area contributed by atoms with Gasteiger partial charge in [0.1, 0.15) is 0 Å². The minimum absolute atomic E-state index is 0.165. The van der Waals surface area contributed by atoms with E-state index in [0.717, 1.165) is 11.1 Å². The molecule has 0 aliphatic carbocycles. The lowest BCUT2D eigenvalue weighted by molar-refractivity contribution is 0.592. The SMILES string of the molecule is CCCCS(=O)(=O)c1nc2ccc(N)cc2s1. The van der Waals surface area contributed by atoms with E-state index in [-0.39, 0.29) is 10.1 Å². The molecule has 2 N–H and O–H groups in total. The maximum atomic E-state index is 12.0.